The van der Waals surface area contributed by atoms with Crippen molar-refractivity contribution >= 4 is 11.6 Å². The molecule has 0 atom stereocenters. The van der Waals surface area contributed by atoms with Crippen molar-refractivity contribution < 1.29 is 4.79 Å². The third kappa shape index (κ3) is 3.02. The third-order valence-electron chi connectivity index (χ3n) is 1.68. The highest BCUT2D eigenvalue weighted by Crippen LogP contribution is 2.08. The highest BCUT2D eigenvalue weighted by atomic mass is 16.3. The van der Waals surface area contributed by atoms with Gasteiger partial charge in [0, 0.05) is 17.3 Å². The number of aryl methyl sites for hydroxylation is 1. The molecule has 1 aromatic rings. The van der Waals surface area contributed by atoms with Crippen molar-refractivity contribution in [1.82, 2.24) is 0 Å². The van der Waals surface area contributed by atoms with Crippen LogP contribution in [0.1, 0.15) is 12.0 Å². The SMILES string of the molecule is Nc1cccc(CCC(=O)N=O)c1. The molecule has 2 N–H and O–H groups in total. The molecule has 0 aliphatic heterocycles. The van der Waals surface area contributed by atoms with E-state index in [-0.39, 0.29) is 6.42 Å². The lowest BCUT2D eigenvalue weighted by molar-refractivity contribution is -0.117. The van der Waals surface area contributed by atoms with Gasteiger partial charge < -0.3 is 5.73 Å². The van der Waals surface area contributed by atoms with Gasteiger partial charge in [0.15, 0.2) is 0 Å². The Morgan fingerprint density at radius 2 is 2.23 bits per heavy atom. The second-order valence-corrected chi connectivity index (χ2v) is 2.73. The normalized spacial score (nSPS) is 9.54. The van der Waals surface area contributed by atoms with Gasteiger partial charge in [0.2, 0.25) is 0 Å². The molecule has 0 aliphatic carbocycles. The molecule has 4 nitrogen and oxygen atoms in total. The fourth-order valence-corrected chi connectivity index (χ4v) is 1.05. The van der Waals surface area contributed by atoms with Crippen LogP contribution in [0.15, 0.2) is 29.4 Å². The molecule has 13 heavy (non-hydrogen) atoms. The summed E-state index contributed by atoms with van der Waals surface area (Å²) >= 11 is 0. The Morgan fingerprint density at radius 1 is 1.46 bits per heavy atom. The summed E-state index contributed by atoms with van der Waals surface area (Å²) in [5, 5.41) is 2.31. The van der Waals surface area contributed by atoms with Crippen LogP contribution in [0.3, 0.4) is 0 Å². The maximum atomic E-state index is 10.6. The number of nitrogen functional groups attached to an aromatic ring is 1. The number of hydrogen-bond acceptors (Lipinski definition) is 3. The molecule has 68 valence electrons. The van der Waals surface area contributed by atoms with Crippen LogP contribution >= 0.6 is 0 Å². The summed E-state index contributed by atoms with van der Waals surface area (Å²) in [5.41, 5.74) is 7.13. The fraction of sp³-hybridized carbons (Fsp3) is 0.222. The first-order valence-corrected chi connectivity index (χ1v) is 3.93. The van der Waals surface area contributed by atoms with E-state index in [0.29, 0.717) is 12.1 Å². The highest BCUT2D eigenvalue weighted by molar-refractivity contribution is 5.76. The van der Waals surface area contributed by atoms with E-state index < -0.39 is 5.91 Å². The van der Waals surface area contributed by atoms with Crippen LogP contribution in [0.25, 0.3) is 0 Å². The molecule has 0 saturated carbocycles. The number of nitroso groups, excluding NO2 is 1. The molecular formula is C9H10N2O2. The third-order valence-corrected chi connectivity index (χ3v) is 1.68. The standard InChI is InChI=1S/C9H10N2O2/c10-8-3-1-2-7(6-8)4-5-9(12)11-13/h1-3,6H,4-5,10H2. The van der Waals surface area contributed by atoms with Crippen molar-refractivity contribution in [2.45, 2.75) is 12.8 Å². The van der Waals surface area contributed by atoms with E-state index in [1.165, 1.54) is 0 Å². The zero-order valence-electron chi connectivity index (χ0n) is 7.06. The summed E-state index contributed by atoms with van der Waals surface area (Å²) in [4.78, 5) is 20.3. The van der Waals surface area contributed by atoms with Gasteiger partial charge in [-0.3, -0.25) is 4.79 Å². The predicted octanol–water partition coefficient (Wildman–Crippen LogP) is 1.49. The maximum Gasteiger partial charge on any atom is 0.286 e. The average Bonchev–Trinajstić information content (AvgIpc) is 2.14. The molecule has 0 unspecified atom stereocenters. The topological polar surface area (TPSA) is 72.5 Å². The Hall–Kier alpha value is -1.71. The second kappa shape index (κ2) is 4.35. The van der Waals surface area contributed by atoms with Gasteiger partial charge in [0.05, 0.1) is 0 Å². The van der Waals surface area contributed by atoms with Gasteiger partial charge in [-0.2, -0.15) is 0 Å². The Bertz CT molecular complexity index is 323. The maximum absolute atomic E-state index is 10.6. The quantitative estimate of drug-likeness (QED) is 0.563. The second-order valence-electron chi connectivity index (χ2n) is 2.73. The minimum Gasteiger partial charge on any atom is -0.399 e. The number of carbonyl (C=O) groups is 1. The van der Waals surface area contributed by atoms with Crippen molar-refractivity contribution in [2.75, 3.05) is 5.73 Å². The Morgan fingerprint density at radius 3 is 2.85 bits per heavy atom. The highest BCUT2D eigenvalue weighted by Gasteiger charge is 2.01. The summed E-state index contributed by atoms with van der Waals surface area (Å²) in [6, 6.07) is 7.21. The van der Waals surface area contributed by atoms with E-state index in [4.69, 9.17) is 5.73 Å². The largest absolute Gasteiger partial charge is 0.399 e. The Kier molecular flexibility index (Phi) is 3.14. The first kappa shape index (κ1) is 9.38. The Labute approximate surface area is 75.7 Å². The number of rotatable bonds is 3. The molecule has 1 amide bonds. The molecule has 0 spiro atoms. The Balaban J connectivity index is 2.54. The van der Waals surface area contributed by atoms with Crippen LogP contribution in [0.5, 0.6) is 0 Å². The van der Waals surface area contributed by atoms with Crippen LogP contribution in [-0.4, -0.2) is 5.91 Å². The van der Waals surface area contributed by atoms with Crippen molar-refractivity contribution in [3.05, 3.63) is 34.7 Å². The van der Waals surface area contributed by atoms with Crippen molar-refractivity contribution in [3.63, 3.8) is 0 Å². The number of nitrogens with zero attached hydrogens (tertiary/aromatic N) is 1. The van der Waals surface area contributed by atoms with Crippen LogP contribution in [0, 0.1) is 4.91 Å². The van der Waals surface area contributed by atoms with Gasteiger partial charge >= 0.3 is 0 Å². The number of hydrogen-bond donors (Lipinski definition) is 1. The molecule has 0 aromatic heterocycles. The number of benzene rings is 1. The average molecular weight is 178 g/mol. The van der Waals surface area contributed by atoms with Gasteiger partial charge in [-0.05, 0) is 24.1 Å². The van der Waals surface area contributed by atoms with Gasteiger partial charge in [-0.25, -0.2) is 0 Å². The molecule has 0 fully saturated rings. The summed E-state index contributed by atoms with van der Waals surface area (Å²) < 4.78 is 0. The van der Waals surface area contributed by atoms with E-state index in [1.54, 1.807) is 12.1 Å². The molecule has 0 bridgehead atoms. The lowest BCUT2D eigenvalue weighted by Crippen LogP contribution is -1.96. The van der Waals surface area contributed by atoms with E-state index in [0.717, 1.165) is 5.56 Å². The molecule has 1 aromatic carbocycles. The van der Waals surface area contributed by atoms with Crippen LogP contribution < -0.4 is 5.73 Å². The molecule has 0 saturated heterocycles. The number of carbonyl (C=O) groups excluding carboxylic acids is 1. The van der Waals surface area contributed by atoms with Crippen LogP contribution in [0.4, 0.5) is 5.69 Å². The molecule has 0 aliphatic rings. The summed E-state index contributed by atoms with van der Waals surface area (Å²) in [5.74, 6) is -0.623. The van der Waals surface area contributed by atoms with Crippen molar-refractivity contribution in [3.8, 4) is 0 Å². The minimum absolute atomic E-state index is 0.146. The van der Waals surface area contributed by atoms with Gasteiger partial charge in [0.1, 0.15) is 0 Å². The van der Waals surface area contributed by atoms with E-state index in [2.05, 4.69) is 5.18 Å². The monoisotopic (exact) mass is 178 g/mol. The van der Waals surface area contributed by atoms with Crippen molar-refractivity contribution in [1.29, 1.82) is 0 Å². The summed E-state index contributed by atoms with van der Waals surface area (Å²) in [6.07, 6.45) is 0.655. The predicted molar refractivity (Wildman–Crippen MR) is 50.0 cm³/mol. The lowest BCUT2D eigenvalue weighted by Gasteiger charge is -1.98. The molecule has 0 heterocycles. The van der Waals surface area contributed by atoms with Gasteiger partial charge in [-0.15, -0.1) is 4.91 Å². The van der Waals surface area contributed by atoms with E-state index in [1.807, 2.05) is 12.1 Å². The first-order chi connectivity index (χ1) is 6.22. The number of amides is 1. The smallest absolute Gasteiger partial charge is 0.286 e. The molecule has 0 radical (unpaired) electrons. The molecular weight excluding hydrogens is 168 g/mol. The van der Waals surface area contributed by atoms with Crippen molar-refractivity contribution in [2.24, 2.45) is 5.18 Å². The zero-order chi connectivity index (χ0) is 9.68. The van der Waals surface area contributed by atoms with Gasteiger partial charge in [0.25, 0.3) is 5.91 Å². The fourth-order valence-electron chi connectivity index (χ4n) is 1.05. The number of anilines is 1. The minimum atomic E-state index is -0.623. The number of nitrogens with two attached hydrogens (primary N) is 1. The van der Waals surface area contributed by atoms with Crippen LogP contribution in [-0.2, 0) is 11.2 Å². The zero-order valence-corrected chi connectivity index (χ0v) is 7.06. The molecule has 4 heteroatoms. The summed E-state index contributed by atoms with van der Waals surface area (Å²) in [7, 11) is 0. The summed E-state index contributed by atoms with van der Waals surface area (Å²) in [6.45, 7) is 0. The molecule has 1 rings (SSSR count). The van der Waals surface area contributed by atoms with E-state index in [9.17, 15) is 9.70 Å². The van der Waals surface area contributed by atoms with E-state index >= 15 is 0 Å². The van der Waals surface area contributed by atoms with Crippen LogP contribution in [0.2, 0.25) is 0 Å². The lowest BCUT2D eigenvalue weighted by atomic mass is 10.1. The van der Waals surface area contributed by atoms with Gasteiger partial charge in [-0.1, -0.05) is 12.1 Å². The first-order valence-electron chi connectivity index (χ1n) is 3.93.